The van der Waals surface area contributed by atoms with E-state index in [0.717, 1.165) is 17.7 Å². The molecule has 0 atom stereocenters. The van der Waals surface area contributed by atoms with Crippen LogP contribution in [0.2, 0.25) is 0 Å². The number of nitrogens with two attached hydrogens (primary N) is 1. The molecule has 124 valence electrons. The monoisotopic (exact) mass is 310 g/mol. The normalized spacial score (nSPS) is 20.6. The van der Waals surface area contributed by atoms with Crippen molar-refractivity contribution in [1.82, 2.24) is 15.1 Å². The molecule has 0 bridgehead atoms. The van der Waals surface area contributed by atoms with E-state index in [-0.39, 0.29) is 23.8 Å². The number of likely N-dealkylation sites (N-methyl/N-ethyl adjacent to an activating group) is 1. The third kappa shape index (κ3) is 3.09. The van der Waals surface area contributed by atoms with Crippen LogP contribution in [0.4, 0.5) is 4.79 Å². The third-order valence-corrected chi connectivity index (χ3v) is 4.64. The summed E-state index contributed by atoms with van der Waals surface area (Å²) in [4.78, 5) is 39.4. The standard InChI is InChI=1S/C15H26N4O3/c1-14(2,9-16)10-18(3)11(20)8-19-12(21)15(17-13(19)22)6-4-5-7-15/h4-10,16H2,1-3H3,(H,17,22). The summed E-state index contributed by atoms with van der Waals surface area (Å²) < 4.78 is 0. The Morgan fingerprint density at radius 1 is 1.36 bits per heavy atom. The zero-order valence-corrected chi connectivity index (χ0v) is 13.6. The molecule has 2 aliphatic rings. The number of rotatable bonds is 5. The SMILES string of the molecule is CN(CC(C)(C)CN)C(=O)CN1C(=O)NC2(CCCC2)C1=O. The fourth-order valence-electron chi connectivity index (χ4n) is 3.19. The molecule has 1 heterocycles. The molecule has 4 amide bonds. The van der Waals surface area contributed by atoms with E-state index >= 15 is 0 Å². The van der Waals surface area contributed by atoms with Crippen molar-refractivity contribution in [3.63, 3.8) is 0 Å². The maximum Gasteiger partial charge on any atom is 0.325 e. The fraction of sp³-hybridized carbons (Fsp3) is 0.800. The van der Waals surface area contributed by atoms with E-state index in [9.17, 15) is 14.4 Å². The van der Waals surface area contributed by atoms with Crippen LogP contribution in [0.1, 0.15) is 39.5 Å². The lowest BCUT2D eigenvalue weighted by Gasteiger charge is -2.30. The van der Waals surface area contributed by atoms with E-state index in [1.165, 1.54) is 4.90 Å². The summed E-state index contributed by atoms with van der Waals surface area (Å²) in [6.07, 6.45) is 3.19. The lowest BCUT2D eigenvalue weighted by Crippen LogP contribution is -2.47. The minimum Gasteiger partial charge on any atom is -0.344 e. The first kappa shape index (κ1) is 16.7. The van der Waals surface area contributed by atoms with E-state index in [0.29, 0.717) is 25.9 Å². The Hall–Kier alpha value is -1.63. The van der Waals surface area contributed by atoms with Gasteiger partial charge < -0.3 is 16.0 Å². The Bertz CT molecular complexity index is 483. The highest BCUT2D eigenvalue weighted by atomic mass is 16.2. The van der Waals surface area contributed by atoms with Crippen LogP contribution in [0.25, 0.3) is 0 Å². The van der Waals surface area contributed by atoms with Crippen molar-refractivity contribution in [3.8, 4) is 0 Å². The summed E-state index contributed by atoms with van der Waals surface area (Å²) in [5.74, 6) is -0.505. The number of hydrogen-bond acceptors (Lipinski definition) is 4. The van der Waals surface area contributed by atoms with E-state index in [1.807, 2.05) is 13.8 Å². The highest BCUT2D eigenvalue weighted by Gasteiger charge is 2.52. The van der Waals surface area contributed by atoms with Crippen molar-refractivity contribution in [1.29, 1.82) is 0 Å². The number of amides is 4. The molecule has 1 aliphatic carbocycles. The van der Waals surface area contributed by atoms with Gasteiger partial charge in [0.15, 0.2) is 0 Å². The largest absolute Gasteiger partial charge is 0.344 e. The molecule has 1 spiro atoms. The first-order chi connectivity index (χ1) is 10.2. The Labute approximate surface area is 131 Å². The quantitative estimate of drug-likeness (QED) is 0.714. The van der Waals surface area contributed by atoms with Crippen LogP contribution >= 0.6 is 0 Å². The minimum atomic E-state index is -0.757. The molecular weight excluding hydrogens is 284 g/mol. The average molecular weight is 310 g/mol. The lowest BCUT2D eigenvalue weighted by atomic mass is 9.93. The van der Waals surface area contributed by atoms with Crippen molar-refractivity contribution in [2.24, 2.45) is 11.1 Å². The summed E-state index contributed by atoms with van der Waals surface area (Å²) >= 11 is 0. The van der Waals surface area contributed by atoms with Crippen LogP contribution in [-0.2, 0) is 9.59 Å². The molecule has 22 heavy (non-hydrogen) atoms. The van der Waals surface area contributed by atoms with Gasteiger partial charge in [-0.15, -0.1) is 0 Å². The molecular formula is C15H26N4O3. The van der Waals surface area contributed by atoms with Crippen molar-refractivity contribution in [3.05, 3.63) is 0 Å². The average Bonchev–Trinajstić information content (AvgIpc) is 3.00. The van der Waals surface area contributed by atoms with Gasteiger partial charge in [-0.1, -0.05) is 26.7 Å². The van der Waals surface area contributed by atoms with Gasteiger partial charge in [0.05, 0.1) is 0 Å². The van der Waals surface area contributed by atoms with Gasteiger partial charge in [0, 0.05) is 13.6 Å². The van der Waals surface area contributed by atoms with Gasteiger partial charge >= 0.3 is 6.03 Å². The van der Waals surface area contributed by atoms with Crippen molar-refractivity contribution in [2.45, 2.75) is 45.1 Å². The number of carbonyl (C=O) groups is 3. The molecule has 0 aromatic carbocycles. The summed E-state index contributed by atoms with van der Waals surface area (Å²) in [6, 6.07) is -0.452. The zero-order valence-electron chi connectivity index (χ0n) is 13.6. The number of nitrogens with zero attached hydrogens (tertiary/aromatic N) is 2. The maximum absolute atomic E-state index is 12.5. The molecule has 0 unspecified atom stereocenters. The minimum absolute atomic E-state index is 0.200. The first-order valence-corrected chi connectivity index (χ1v) is 7.79. The molecule has 7 heteroatoms. The smallest absolute Gasteiger partial charge is 0.325 e. The summed E-state index contributed by atoms with van der Waals surface area (Å²) in [7, 11) is 1.67. The summed E-state index contributed by atoms with van der Waals surface area (Å²) in [5, 5.41) is 2.78. The Kier molecular flexibility index (Phi) is 4.47. The van der Waals surface area contributed by atoms with Crippen LogP contribution in [0.5, 0.6) is 0 Å². The Morgan fingerprint density at radius 2 is 1.95 bits per heavy atom. The fourth-order valence-corrected chi connectivity index (χ4v) is 3.19. The van der Waals surface area contributed by atoms with Crippen LogP contribution in [0.15, 0.2) is 0 Å². The molecule has 1 saturated heterocycles. The van der Waals surface area contributed by atoms with Gasteiger partial charge in [0.25, 0.3) is 5.91 Å². The number of urea groups is 1. The molecule has 1 saturated carbocycles. The second-order valence-electron chi connectivity index (χ2n) is 7.23. The maximum atomic E-state index is 12.5. The van der Waals surface area contributed by atoms with Gasteiger partial charge in [-0.2, -0.15) is 0 Å². The lowest BCUT2D eigenvalue weighted by molar-refractivity contribution is -0.138. The molecule has 2 fully saturated rings. The van der Waals surface area contributed by atoms with Gasteiger partial charge in [-0.05, 0) is 24.8 Å². The molecule has 0 aromatic rings. The van der Waals surface area contributed by atoms with Crippen molar-refractivity contribution >= 4 is 17.8 Å². The van der Waals surface area contributed by atoms with Crippen molar-refractivity contribution < 1.29 is 14.4 Å². The molecule has 2 rings (SSSR count). The number of imide groups is 1. The van der Waals surface area contributed by atoms with Crippen molar-refractivity contribution in [2.75, 3.05) is 26.7 Å². The number of hydrogen-bond donors (Lipinski definition) is 2. The van der Waals surface area contributed by atoms with E-state index < -0.39 is 11.6 Å². The second kappa shape index (κ2) is 5.87. The Balaban J connectivity index is 1.99. The zero-order chi connectivity index (χ0) is 16.5. The summed E-state index contributed by atoms with van der Waals surface area (Å²) in [6.45, 7) is 4.67. The highest BCUT2D eigenvalue weighted by Crippen LogP contribution is 2.34. The van der Waals surface area contributed by atoms with E-state index in [4.69, 9.17) is 5.73 Å². The second-order valence-corrected chi connectivity index (χ2v) is 7.23. The molecule has 1 aliphatic heterocycles. The predicted octanol–water partition coefficient (Wildman–Crippen LogP) is 0.294. The topological polar surface area (TPSA) is 95.7 Å². The van der Waals surface area contributed by atoms with Gasteiger partial charge in [0.1, 0.15) is 12.1 Å². The van der Waals surface area contributed by atoms with Crippen LogP contribution in [0.3, 0.4) is 0 Å². The molecule has 3 N–H and O–H groups in total. The van der Waals surface area contributed by atoms with E-state index in [1.54, 1.807) is 7.05 Å². The van der Waals surface area contributed by atoms with E-state index in [2.05, 4.69) is 5.32 Å². The third-order valence-electron chi connectivity index (χ3n) is 4.64. The highest BCUT2D eigenvalue weighted by molar-refractivity contribution is 6.09. The van der Waals surface area contributed by atoms with Gasteiger partial charge in [-0.25, -0.2) is 4.79 Å². The molecule has 0 aromatic heterocycles. The van der Waals surface area contributed by atoms with Crippen LogP contribution < -0.4 is 11.1 Å². The van der Waals surface area contributed by atoms with Crippen LogP contribution in [0, 0.1) is 5.41 Å². The first-order valence-electron chi connectivity index (χ1n) is 7.79. The molecule has 7 nitrogen and oxygen atoms in total. The predicted molar refractivity (Wildman–Crippen MR) is 81.9 cm³/mol. The number of nitrogens with one attached hydrogen (secondary N) is 1. The summed E-state index contributed by atoms with van der Waals surface area (Å²) in [5.41, 5.74) is 4.72. The Morgan fingerprint density at radius 3 is 2.50 bits per heavy atom. The molecule has 0 radical (unpaired) electrons. The van der Waals surface area contributed by atoms with Crippen LogP contribution in [-0.4, -0.2) is 59.9 Å². The number of carbonyl (C=O) groups excluding carboxylic acids is 3. The van der Waals surface area contributed by atoms with Gasteiger partial charge in [0.2, 0.25) is 5.91 Å². The van der Waals surface area contributed by atoms with Gasteiger partial charge in [-0.3, -0.25) is 14.5 Å².